The van der Waals surface area contributed by atoms with Crippen molar-refractivity contribution in [3.8, 4) is 0 Å². The Morgan fingerprint density at radius 3 is 2.91 bits per heavy atom. The Balaban J connectivity index is 1.73. The molecule has 0 unspecified atom stereocenters. The number of thiophene rings is 1. The fourth-order valence-corrected chi connectivity index (χ4v) is 3.74. The average Bonchev–Trinajstić information content (AvgIpc) is 3.08. The van der Waals surface area contributed by atoms with Crippen molar-refractivity contribution in [2.45, 2.75) is 32.3 Å². The number of ether oxygens (including phenoxy) is 1. The lowest BCUT2D eigenvalue weighted by Crippen LogP contribution is -2.08. The van der Waals surface area contributed by atoms with Crippen LogP contribution < -0.4 is 0 Å². The number of hydrogen-bond acceptors (Lipinski definition) is 5. The van der Waals surface area contributed by atoms with Gasteiger partial charge < -0.3 is 4.74 Å². The van der Waals surface area contributed by atoms with Gasteiger partial charge in [0.25, 0.3) is 5.69 Å². The van der Waals surface area contributed by atoms with Crippen LogP contribution >= 0.6 is 11.3 Å². The minimum absolute atomic E-state index is 0.00417. The Morgan fingerprint density at radius 2 is 2.18 bits per heavy atom. The monoisotopic (exact) mass is 317 g/mol. The predicted molar refractivity (Wildman–Crippen MR) is 83.3 cm³/mol. The van der Waals surface area contributed by atoms with Crippen LogP contribution in [0.3, 0.4) is 0 Å². The number of fused-ring (bicyclic) bond motifs is 1. The summed E-state index contributed by atoms with van der Waals surface area (Å²) >= 11 is 1.49. The summed E-state index contributed by atoms with van der Waals surface area (Å²) in [5.74, 6) is -0.363. The van der Waals surface area contributed by atoms with Gasteiger partial charge in [-0.3, -0.25) is 10.1 Å². The molecule has 0 fully saturated rings. The summed E-state index contributed by atoms with van der Waals surface area (Å²) in [5.41, 5.74) is 1.86. The Bertz CT molecular complexity index is 716. The first-order chi connectivity index (χ1) is 10.5. The highest BCUT2D eigenvalue weighted by Crippen LogP contribution is 2.32. The number of carbonyl (C=O) groups excluding carboxylic acids is 1. The Labute approximate surface area is 131 Å². The molecule has 6 heteroatoms. The van der Waals surface area contributed by atoms with Crippen LogP contribution in [0.1, 0.15) is 45.1 Å². The molecule has 5 nitrogen and oxygen atoms in total. The molecular weight excluding hydrogens is 302 g/mol. The summed E-state index contributed by atoms with van der Waals surface area (Å²) < 4.78 is 5.44. The second-order valence-electron chi connectivity index (χ2n) is 5.31. The molecule has 3 rings (SSSR count). The fraction of sp³-hybridized carbons (Fsp3) is 0.312. The largest absolute Gasteiger partial charge is 0.454 e. The zero-order chi connectivity index (χ0) is 15.7. The summed E-state index contributed by atoms with van der Waals surface area (Å²) in [4.78, 5) is 24.4. The maximum Gasteiger partial charge on any atom is 0.348 e. The van der Waals surface area contributed by atoms with E-state index in [0.29, 0.717) is 10.4 Å². The summed E-state index contributed by atoms with van der Waals surface area (Å²) in [6.07, 6.45) is 2.69. The van der Waals surface area contributed by atoms with Gasteiger partial charge in [0.2, 0.25) is 0 Å². The molecule has 1 heterocycles. The first kappa shape index (κ1) is 14.7. The van der Waals surface area contributed by atoms with Crippen molar-refractivity contribution in [1.29, 1.82) is 0 Å². The van der Waals surface area contributed by atoms with Crippen LogP contribution in [0.4, 0.5) is 5.69 Å². The number of nitrogens with zero attached hydrogens (tertiary/aromatic N) is 1. The van der Waals surface area contributed by atoms with Gasteiger partial charge in [0.05, 0.1) is 4.92 Å². The highest BCUT2D eigenvalue weighted by Gasteiger charge is 2.21. The van der Waals surface area contributed by atoms with Crippen molar-refractivity contribution >= 4 is 23.0 Å². The van der Waals surface area contributed by atoms with Gasteiger partial charge in [-0.15, -0.1) is 11.3 Å². The van der Waals surface area contributed by atoms with Crippen molar-refractivity contribution < 1.29 is 14.5 Å². The number of benzene rings is 1. The second-order valence-corrected chi connectivity index (χ2v) is 6.45. The molecule has 0 radical (unpaired) electrons. The molecule has 1 aromatic heterocycles. The van der Waals surface area contributed by atoms with Crippen LogP contribution in [-0.2, 0) is 17.6 Å². The lowest BCUT2D eigenvalue weighted by atomic mass is 10.1. The van der Waals surface area contributed by atoms with Gasteiger partial charge >= 0.3 is 5.97 Å². The van der Waals surface area contributed by atoms with Crippen LogP contribution in [0, 0.1) is 10.1 Å². The van der Waals surface area contributed by atoms with E-state index in [4.69, 9.17) is 4.74 Å². The van der Waals surface area contributed by atoms with E-state index in [2.05, 4.69) is 0 Å². The number of rotatable bonds is 4. The van der Waals surface area contributed by atoms with Gasteiger partial charge in [-0.05, 0) is 43.4 Å². The molecule has 0 bridgehead atoms. The zero-order valence-corrected chi connectivity index (χ0v) is 12.9. The first-order valence-corrected chi connectivity index (χ1v) is 7.93. The lowest BCUT2D eigenvalue weighted by molar-refractivity contribution is -0.385. The third-order valence-electron chi connectivity index (χ3n) is 3.78. The topological polar surface area (TPSA) is 69.4 Å². The number of aryl methyl sites for hydroxylation is 2. The molecule has 0 saturated carbocycles. The normalized spacial score (nSPS) is 14.4. The van der Waals surface area contributed by atoms with Crippen molar-refractivity contribution in [1.82, 2.24) is 0 Å². The molecular formula is C16H15NO4S. The zero-order valence-electron chi connectivity index (χ0n) is 12.1. The van der Waals surface area contributed by atoms with Crippen LogP contribution in [0.25, 0.3) is 0 Å². The van der Waals surface area contributed by atoms with E-state index < -0.39 is 11.0 Å². The summed E-state index contributed by atoms with van der Waals surface area (Å²) in [6, 6.07) is 8.08. The van der Waals surface area contributed by atoms with E-state index in [9.17, 15) is 14.9 Å². The molecule has 0 spiro atoms. The molecule has 0 aliphatic heterocycles. The van der Waals surface area contributed by atoms with Crippen LogP contribution in [0.2, 0.25) is 0 Å². The molecule has 0 amide bonds. The minimum atomic E-state index is -0.524. The molecule has 1 aliphatic rings. The molecule has 22 heavy (non-hydrogen) atoms. The van der Waals surface area contributed by atoms with Gasteiger partial charge in [-0.1, -0.05) is 12.1 Å². The maximum atomic E-state index is 12.2. The van der Waals surface area contributed by atoms with Crippen molar-refractivity contribution in [3.05, 3.63) is 61.3 Å². The molecule has 2 aromatic rings. The predicted octanol–water partition coefficient (Wildman–Crippen LogP) is 4.06. The van der Waals surface area contributed by atoms with Crippen LogP contribution in [0.15, 0.2) is 30.3 Å². The van der Waals surface area contributed by atoms with E-state index in [1.807, 2.05) is 6.07 Å². The molecule has 1 atom stereocenters. The van der Waals surface area contributed by atoms with Crippen molar-refractivity contribution in [3.63, 3.8) is 0 Å². The highest BCUT2D eigenvalue weighted by molar-refractivity contribution is 7.14. The van der Waals surface area contributed by atoms with E-state index in [-0.39, 0.29) is 11.7 Å². The Morgan fingerprint density at radius 1 is 1.36 bits per heavy atom. The second kappa shape index (κ2) is 5.88. The number of hydrogen-bond donors (Lipinski definition) is 0. The smallest absolute Gasteiger partial charge is 0.348 e. The molecule has 1 aliphatic carbocycles. The van der Waals surface area contributed by atoms with Crippen molar-refractivity contribution in [2.24, 2.45) is 0 Å². The maximum absolute atomic E-state index is 12.2. The molecule has 1 aromatic carbocycles. The summed E-state index contributed by atoms with van der Waals surface area (Å²) in [5, 5.41) is 10.8. The number of non-ortho nitro benzene ring substituents is 1. The summed E-state index contributed by atoms with van der Waals surface area (Å²) in [7, 11) is 0. The molecule has 114 valence electrons. The van der Waals surface area contributed by atoms with Gasteiger partial charge in [0.1, 0.15) is 11.0 Å². The first-order valence-electron chi connectivity index (χ1n) is 7.11. The third-order valence-corrected chi connectivity index (χ3v) is 5.00. The number of nitro groups is 1. The highest BCUT2D eigenvalue weighted by atomic mass is 32.1. The Hall–Kier alpha value is -2.21. The number of nitro benzene ring substituents is 1. The number of esters is 1. The fourth-order valence-electron chi connectivity index (χ4n) is 2.61. The van der Waals surface area contributed by atoms with Crippen LogP contribution in [0.5, 0.6) is 0 Å². The number of carbonyl (C=O) groups is 1. The minimum Gasteiger partial charge on any atom is -0.454 e. The van der Waals surface area contributed by atoms with E-state index >= 15 is 0 Å². The molecule has 0 saturated heterocycles. The Kier molecular flexibility index (Phi) is 3.94. The van der Waals surface area contributed by atoms with Gasteiger partial charge in [0, 0.05) is 17.0 Å². The standard InChI is InChI=1S/C16H15NO4S/c1-10(11-4-2-6-13(8-11)17(19)20)21-16(18)15-9-12-5-3-7-14(12)22-15/h2,4,6,8-10H,3,5,7H2,1H3/t10-/m1/s1. The van der Waals surface area contributed by atoms with Gasteiger partial charge in [-0.2, -0.15) is 0 Å². The van der Waals surface area contributed by atoms with Gasteiger partial charge in [-0.25, -0.2) is 4.79 Å². The van der Waals surface area contributed by atoms with Crippen molar-refractivity contribution in [2.75, 3.05) is 0 Å². The lowest BCUT2D eigenvalue weighted by Gasteiger charge is -2.12. The van der Waals surface area contributed by atoms with E-state index in [1.165, 1.54) is 33.9 Å². The van der Waals surface area contributed by atoms with E-state index in [1.54, 1.807) is 19.1 Å². The van der Waals surface area contributed by atoms with Gasteiger partial charge in [0.15, 0.2) is 0 Å². The molecule has 0 N–H and O–H groups in total. The van der Waals surface area contributed by atoms with E-state index in [0.717, 1.165) is 19.3 Å². The SMILES string of the molecule is C[C@@H](OC(=O)c1cc2c(s1)CCC2)c1cccc([N+](=O)[O-])c1. The third kappa shape index (κ3) is 2.87. The van der Waals surface area contributed by atoms with Crippen LogP contribution in [-0.4, -0.2) is 10.9 Å². The summed E-state index contributed by atoms with van der Waals surface area (Å²) in [6.45, 7) is 1.72. The average molecular weight is 317 g/mol. The quantitative estimate of drug-likeness (QED) is 0.484.